The fourth-order valence-electron chi connectivity index (χ4n) is 5.30. The van der Waals surface area contributed by atoms with Gasteiger partial charge in [-0.1, -0.05) is 72.8 Å². The molecule has 0 N–H and O–H groups in total. The molecule has 0 saturated carbocycles. The second kappa shape index (κ2) is 8.53. The van der Waals surface area contributed by atoms with Crippen LogP contribution in [0.5, 0.6) is 0 Å². The van der Waals surface area contributed by atoms with Crippen LogP contribution in [0.25, 0.3) is 0 Å². The highest BCUT2D eigenvalue weighted by Gasteiger charge is 2.46. The van der Waals surface area contributed by atoms with Gasteiger partial charge >= 0.3 is 0 Å². The number of halogens is 1. The number of hydrogen-bond acceptors (Lipinski definition) is 2. The molecule has 6 rings (SSSR count). The predicted molar refractivity (Wildman–Crippen MR) is 121 cm³/mol. The summed E-state index contributed by atoms with van der Waals surface area (Å²) < 4.78 is 13.3. The first-order valence-electron chi connectivity index (χ1n) is 10.9. The Morgan fingerprint density at radius 1 is 0.800 bits per heavy atom. The van der Waals surface area contributed by atoms with E-state index in [9.17, 15) is 4.39 Å². The summed E-state index contributed by atoms with van der Waals surface area (Å²) in [5.74, 6) is 0.679. The van der Waals surface area contributed by atoms with Gasteiger partial charge < -0.3 is 0 Å². The van der Waals surface area contributed by atoms with E-state index >= 15 is 0 Å². The summed E-state index contributed by atoms with van der Waals surface area (Å²) in [5, 5.41) is 0. The molecule has 152 valence electrons. The van der Waals surface area contributed by atoms with Gasteiger partial charge in [-0.25, -0.2) is 4.39 Å². The average Bonchev–Trinajstić information content (AvgIpc) is 2.82. The molecular formula is C27H27FN2. The quantitative estimate of drug-likeness (QED) is 0.515. The van der Waals surface area contributed by atoms with Gasteiger partial charge in [-0.3, -0.25) is 9.89 Å². The maximum absolute atomic E-state index is 13.3. The van der Waals surface area contributed by atoms with Crippen molar-refractivity contribution in [3.8, 4) is 0 Å². The molecule has 0 radical (unpaired) electrons. The third-order valence-corrected chi connectivity index (χ3v) is 6.75. The van der Waals surface area contributed by atoms with Gasteiger partial charge in [-0.05, 0) is 60.7 Å². The van der Waals surface area contributed by atoms with E-state index in [1.807, 2.05) is 6.21 Å². The van der Waals surface area contributed by atoms with Gasteiger partial charge in [0.1, 0.15) is 5.82 Å². The Balaban J connectivity index is 1.54. The summed E-state index contributed by atoms with van der Waals surface area (Å²) >= 11 is 0. The first-order chi connectivity index (χ1) is 14.8. The minimum atomic E-state index is -0.207. The third kappa shape index (κ3) is 3.82. The van der Waals surface area contributed by atoms with Crippen LogP contribution in [-0.2, 0) is 0 Å². The molecule has 3 fully saturated rings. The zero-order valence-corrected chi connectivity index (χ0v) is 17.1. The molecule has 2 nitrogen and oxygen atoms in total. The fraction of sp³-hybridized carbons (Fsp3) is 0.296. The van der Waals surface area contributed by atoms with Gasteiger partial charge in [0.2, 0.25) is 0 Å². The van der Waals surface area contributed by atoms with Crippen molar-refractivity contribution < 1.29 is 4.39 Å². The number of fused-ring (bicyclic) bond motifs is 3. The van der Waals surface area contributed by atoms with Crippen molar-refractivity contribution in [3.05, 3.63) is 107 Å². The van der Waals surface area contributed by atoms with Crippen LogP contribution >= 0.6 is 0 Å². The van der Waals surface area contributed by atoms with E-state index in [-0.39, 0.29) is 17.8 Å². The predicted octanol–water partition coefficient (Wildman–Crippen LogP) is 5.54. The van der Waals surface area contributed by atoms with E-state index in [4.69, 9.17) is 4.99 Å². The second-order valence-electron chi connectivity index (χ2n) is 8.48. The molecule has 0 spiro atoms. The smallest absolute Gasteiger partial charge is 0.123 e. The van der Waals surface area contributed by atoms with E-state index in [1.54, 1.807) is 12.1 Å². The molecule has 0 aliphatic carbocycles. The van der Waals surface area contributed by atoms with Crippen LogP contribution in [0.2, 0.25) is 0 Å². The molecule has 2 unspecified atom stereocenters. The third-order valence-electron chi connectivity index (χ3n) is 6.75. The Hall–Kier alpha value is -2.78. The first-order valence-corrected chi connectivity index (χ1v) is 10.9. The molecular weight excluding hydrogens is 371 g/mol. The zero-order chi connectivity index (χ0) is 20.3. The molecule has 3 aromatic carbocycles. The van der Waals surface area contributed by atoms with Crippen LogP contribution in [0.3, 0.4) is 0 Å². The molecule has 3 heterocycles. The van der Waals surface area contributed by atoms with Crippen LogP contribution in [-0.4, -0.2) is 36.3 Å². The van der Waals surface area contributed by atoms with Crippen molar-refractivity contribution >= 4 is 6.21 Å². The van der Waals surface area contributed by atoms with Crippen LogP contribution in [0.1, 0.15) is 35.4 Å². The zero-order valence-electron chi connectivity index (χ0n) is 17.1. The van der Waals surface area contributed by atoms with Crippen molar-refractivity contribution in [2.75, 3.05) is 13.1 Å². The number of hydrogen-bond donors (Lipinski definition) is 0. The second-order valence-corrected chi connectivity index (χ2v) is 8.48. The van der Waals surface area contributed by atoms with E-state index < -0.39 is 0 Å². The van der Waals surface area contributed by atoms with Gasteiger partial charge in [0.05, 0.1) is 6.04 Å². The topological polar surface area (TPSA) is 15.6 Å². The van der Waals surface area contributed by atoms with Crippen molar-refractivity contribution in [3.63, 3.8) is 0 Å². The molecule has 3 aromatic rings. The van der Waals surface area contributed by atoms with E-state index in [2.05, 4.69) is 65.6 Å². The Labute approximate surface area is 178 Å². The molecule has 3 aliphatic heterocycles. The van der Waals surface area contributed by atoms with Crippen molar-refractivity contribution in [1.29, 1.82) is 0 Å². The van der Waals surface area contributed by atoms with Gasteiger partial charge in [-0.15, -0.1) is 0 Å². The normalized spacial score (nSPS) is 25.8. The summed E-state index contributed by atoms with van der Waals surface area (Å²) in [7, 11) is 0. The molecule has 3 heteroatoms. The molecule has 2 bridgehead atoms. The minimum Gasteiger partial charge on any atom is -0.297 e. The summed E-state index contributed by atoms with van der Waals surface area (Å²) in [6, 6.07) is 28.9. The van der Waals surface area contributed by atoms with E-state index in [0.717, 1.165) is 18.7 Å². The lowest BCUT2D eigenvalue weighted by atomic mass is 9.71. The largest absolute Gasteiger partial charge is 0.297 e. The molecule has 0 amide bonds. The number of aliphatic imine (C=N–C) groups is 1. The lowest BCUT2D eigenvalue weighted by Gasteiger charge is -2.52. The molecule has 30 heavy (non-hydrogen) atoms. The SMILES string of the molecule is Fc1ccc(/C=N\C2C3CCN(CC3)C2C(c2ccccc2)c2ccccc2)cc1. The lowest BCUT2D eigenvalue weighted by Crippen LogP contribution is -2.59. The summed E-state index contributed by atoms with van der Waals surface area (Å²) in [6.45, 7) is 2.29. The lowest BCUT2D eigenvalue weighted by molar-refractivity contribution is 0.0215. The number of piperidine rings is 3. The van der Waals surface area contributed by atoms with Gasteiger partial charge in [0.15, 0.2) is 0 Å². The van der Waals surface area contributed by atoms with Crippen LogP contribution < -0.4 is 0 Å². The fourth-order valence-corrected chi connectivity index (χ4v) is 5.30. The van der Waals surface area contributed by atoms with Gasteiger partial charge in [0.25, 0.3) is 0 Å². The summed E-state index contributed by atoms with van der Waals surface area (Å²) in [6.07, 6.45) is 4.36. The molecule has 3 saturated heterocycles. The van der Waals surface area contributed by atoms with Crippen LogP contribution in [0, 0.1) is 11.7 Å². The monoisotopic (exact) mass is 398 g/mol. The molecule has 2 atom stereocenters. The van der Waals surface area contributed by atoms with Crippen molar-refractivity contribution in [1.82, 2.24) is 4.90 Å². The molecule has 3 aliphatic rings. The Morgan fingerprint density at radius 3 is 1.93 bits per heavy atom. The van der Waals surface area contributed by atoms with Gasteiger partial charge in [0, 0.05) is 18.2 Å². The highest BCUT2D eigenvalue weighted by atomic mass is 19.1. The van der Waals surface area contributed by atoms with Crippen LogP contribution in [0.4, 0.5) is 4.39 Å². The summed E-state index contributed by atoms with van der Waals surface area (Å²) in [5.41, 5.74) is 3.66. The Morgan fingerprint density at radius 2 is 1.37 bits per heavy atom. The number of rotatable bonds is 5. The van der Waals surface area contributed by atoms with Crippen molar-refractivity contribution in [2.24, 2.45) is 10.9 Å². The van der Waals surface area contributed by atoms with E-state index in [0.29, 0.717) is 12.0 Å². The van der Waals surface area contributed by atoms with Crippen LogP contribution in [0.15, 0.2) is 89.9 Å². The number of nitrogens with zero attached hydrogens (tertiary/aromatic N) is 2. The van der Waals surface area contributed by atoms with Crippen molar-refractivity contribution in [2.45, 2.75) is 30.8 Å². The Kier molecular flexibility index (Phi) is 5.46. The van der Waals surface area contributed by atoms with Gasteiger partial charge in [-0.2, -0.15) is 0 Å². The number of benzene rings is 3. The highest BCUT2D eigenvalue weighted by molar-refractivity contribution is 5.79. The average molecular weight is 399 g/mol. The standard InChI is InChI=1S/C27H27FN2/c28-24-13-11-20(12-14-24)19-29-26-23-15-17-30(18-16-23)27(26)25(21-7-3-1-4-8-21)22-9-5-2-6-10-22/h1-14,19,23,25-27H,15-18H2/b29-19-. The highest BCUT2D eigenvalue weighted by Crippen LogP contribution is 2.43. The first kappa shape index (κ1) is 19.2. The maximum atomic E-state index is 13.3. The molecule has 0 aromatic heterocycles. The Bertz CT molecular complexity index is 937. The summed E-state index contributed by atoms with van der Waals surface area (Å²) in [4.78, 5) is 7.78. The minimum absolute atomic E-state index is 0.207. The van der Waals surface area contributed by atoms with E-state index in [1.165, 1.54) is 36.1 Å². The maximum Gasteiger partial charge on any atom is 0.123 e.